The lowest BCUT2D eigenvalue weighted by atomic mass is 9.95. The molecule has 3 heterocycles. The Kier molecular flexibility index (Phi) is 8.08. The molecular formula is C25H28N4O4S. The van der Waals surface area contributed by atoms with E-state index in [1.807, 2.05) is 0 Å². The molecule has 0 unspecified atom stereocenters. The average molecular weight is 481 g/mol. The van der Waals surface area contributed by atoms with Gasteiger partial charge in [-0.25, -0.2) is 0 Å². The van der Waals surface area contributed by atoms with Crippen molar-refractivity contribution in [2.75, 3.05) is 6.54 Å². The lowest BCUT2D eigenvalue weighted by Gasteiger charge is -2.32. The topological polar surface area (TPSA) is 105 Å². The zero-order valence-electron chi connectivity index (χ0n) is 18.8. The Hall–Kier alpha value is -3.46. The monoisotopic (exact) mass is 480 g/mol. The number of pyridine rings is 1. The number of rotatable bonds is 9. The second kappa shape index (κ2) is 11.6. The van der Waals surface area contributed by atoms with Crippen molar-refractivity contribution < 1.29 is 18.8 Å². The molecule has 34 heavy (non-hydrogen) atoms. The molecule has 0 spiro atoms. The van der Waals surface area contributed by atoms with Gasteiger partial charge in [-0.05, 0) is 42.5 Å². The molecule has 3 amide bonds. The van der Waals surface area contributed by atoms with Gasteiger partial charge < -0.3 is 20.0 Å². The molecule has 1 atom stereocenters. The molecule has 178 valence electrons. The highest BCUT2D eigenvalue weighted by atomic mass is 32.1. The van der Waals surface area contributed by atoms with E-state index in [9.17, 15) is 14.4 Å². The van der Waals surface area contributed by atoms with Gasteiger partial charge in [0.05, 0.1) is 24.2 Å². The molecule has 1 aliphatic rings. The summed E-state index contributed by atoms with van der Waals surface area (Å²) in [6.07, 6.45) is 9.92. The Morgan fingerprint density at radius 3 is 2.65 bits per heavy atom. The summed E-state index contributed by atoms with van der Waals surface area (Å²) >= 11 is 1.30. The van der Waals surface area contributed by atoms with Gasteiger partial charge >= 0.3 is 0 Å². The van der Waals surface area contributed by atoms with Gasteiger partial charge in [-0.2, -0.15) is 0 Å². The zero-order valence-corrected chi connectivity index (χ0v) is 19.6. The number of nitrogens with zero attached hydrogens (tertiary/aromatic N) is 2. The SMILES string of the molecule is O=C(NCC(=O)N(Cc1ccco1)[C@@H](C(=O)NC1CCCCC1)c1cccnc1)c1cccs1. The Morgan fingerprint density at radius 1 is 1.12 bits per heavy atom. The predicted octanol–water partition coefficient (Wildman–Crippen LogP) is 3.68. The maximum absolute atomic E-state index is 13.6. The number of hydrogen-bond acceptors (Lipinski definition) is 6. The summed E-state index contributed by atoms with van der Waals surface area (Å²) in [6, 6.07) is 9.66. The molecule has 0 aliphatic heterocycles. The molecule has 9 heteroatoms. The zero-order chi connectivity index (χ0) is 23.8. The van der Waals surface area contributed by atoms with Crippen LogP contribution in [0.3, 0.4) is 0 Å². The van der Waals surface area contributed by atoms with Crippen LogP contribution in [-0.4, -0.2) is 40.2 Å². The van der Waals surface area contributed by atoms with E-state index in [1.165, 1.54) is 28.9 Å². The van der Waals surface area contributed by atoms with Crippen molar-refractivity contribution in [3.05, 3.63) is 76.6 Å². The van der Waals surface area contributed by atoms with E-state index < -0.39 is 11.9 Å². The summed E-state index contributed by atoms with van der Waals surface area (Å²) in [7, 11) is 0. The standard InChI is InChI=1S/C25H28N4O4S/c30-22(16-27-24(31)21-11-6-14-34-21)29(17-20-10-5-13-33-20)23(18-7-4-12-26-15-18)25(32)28-19-8-2-1-3-9-19/h4-7,10-15,19,23H,1-3,8-9,16-17H2,(H,27,31)(H,28,32)/t23-/m1/s1. The molecule has 3 aromatic heterocycles. The molecule has 1 aliphatic carbocycles. The van der Waals surface area contributed by atoms with Crippen LogP contribution in [0.25, 0.3) is 0 Å². The third-order valence-corrected chi connectivity index (χ3v) is 6.75. The van der Waals surface area contributed by atoms with Gasteiger partial charge in [0.15, 0.2) is 0 Å². The molecule has 3 aromatic rings. The Morgan fingerprint density at radius 2 is 1.97 bits per heavy atom. The highest BCUT2D eigenvalue weighted by molar-refractivity contribution is 7.12. The van der Waals surface area contributed by atoms with Crippen LogP contribution in [0.5, 0.6) is 0 Å². The lowest BCUT2D eigenvalue weighted by Crippen LogP contribution is -2.49. The number of hydrogen-bond donors (Lipinski definition) is 2. The summed E-state index contributed by atoms with van der Waals surface area (Å²) in [4.78, 5) is 45.5. The maximum atomic E-state index is 13.6. The van der Waals surface area contributed by atoms with E-state index >= 15 is 0 Å². The van der Waals surface area contributed by atoms with Crippen molar-refractivity contribution in [2.45, 2.75) is 50.7 Å². The molecule has 2 N–H and O–H groups in total. The third kappa shape index (κ3) is 6.11. The maximum Gasteiger partial charge on any atom is 0.261 e. The number of furan rings is 1. The van der Waals surface area contributed by atoms with Crippen molar-refractivity contribution >= 4 is 29.1 Å². The van der Waals surface area contributed by atoms with Gasteiger partial charge in [-0.1, -0.05) is 31.4 Å². The van der Waals surface area contributed by atoms with E-state index in [1.54, 1.807) is 54.2 Å². The third-order valence-electron chi connectivity index (χ3n) is 5.88. The van der Waals surface area contributed by atoms with Gasteiger partial charge in [0.25, 0.3) is 5.91 Å². The van der Waals surface area contributed by atoms with Crippen LogP contribution in [0.2, 0.25) is 0 Å². The van der Waals surface area contributed by atoms with E-state index in [0.717, 1.165) is 25.7 Å². The summed E-state index contributed by atoms with van der Waals surface area (Å²) in [6.45, 7) is -0.163. The number of carbonyl (C=O) groups is 3. The first kappa shape index (κ1) is 23.7. The van der Waals surface area contributed by atoms with Crippen LogP contribution in [0, 0.1) is 0 Å². The lowest BCUT2D eigenvalue weighted by molar-refractivity contribution is -0.141. The minimum Gasteiger partial charge on any atom is -0.467 e. The highest BCUT2D eigenvalue weighted by Crippen LogP contribution is 2.25. The first-order valence-electron chi connectivity index (χ1n) is 11.5. The largest absolute Gasteiger partial charge is 0.467 e. The Balaban J connectivity index is 1.58. The molecular weight excluding hydrogens is 452 g/mol. The molecule has 1 saturated carbocycles. The summed E-state index contributed by atoms with van der Waals surface area (Å²) < 4.78 is 5.49. The molecule has 0 aromatic carbocycles. The predicted molar refractivity (Wildman–Crippen MR) is 128 cm³/mol. The normalized spacial score (nSPS) is 14.8. The van der Waals surface area contributed by atoms with Crippen LogP contribution in [-0.2, 0) is 16.1 Å². The first-order valence-corrected chi connectivity index (χ1v) is 12.3. The first-order chi connectivity index (χ1) is 16.6. The summed E-state index contributed by atoms with van der Waals surface area (Å²) in [5.74, 6) is -0.443. The van der Waals surface area contributed by atoms with Crippen LogP contribution in [0.1, 0.15) is 59.1 Å². The summed E-state index contributed by atoms with van der Waals surface area (Å²) in [5.41, 5.74) is 0.597. The Labute approximate surface area is 202 Å². The molecule has 0 saturated heterocycles. The molecule has 8 nitrogen and oxygen atoms in total. The second-order valence-electron chi connectivity index (χ2n) is 8.29. The minimum atomic E-state index is -0.910. The smallest absolute Gasteiger partial charge is 0.261 e. The van der Waals surface area contributed by atoms with Crippen LogP contribution < -0.4 is 10.6 Å². The van der Waals surface area contributed by atoms with Crippen molar-refractivity contribution in [3.63, 3.8) is 0 Å². The van der Waals surface area contributed by atoms with E-state index in [0.29, 0.717) is 16.2 Å². The van der Waals surface area contributed by atoms with Crippen molar-refractivity contribution in [1.82, 2.24) is 20.5 Å². The van der Waals surface area contributed by atoms with E-state index in [-0.39, 0.29) is 30.9 Å². The summed E-state index contributed by atoms with van der Waals surface area (Å²) in [5, 5.41) is 7.62. The fourth-order valence-electron chi connectivity index (χ4n) is 4.18. The van der Waals surface area contributed by atoms with E-state index in [2.05, 4.69) is 15.6 Å². The van der Waals surface area contributed by atoms with Gasteiger partial charge in [0.1, 0.15) is 11.8 Å². The quantitative estimate of drug-likeness (QED) is 0.486. The second-order valence-corrected chi connectivity index (χ2v) is 9.24. The molecule has 1 fully saturated rings. The van der Waals surface area contributed by atoms with Crippen LogP contribution in [0.4, 0.5) is 0 Å². The van der Waals surface area contributed by atoms with Gasteiger partial charge in [0, 0.05) is 24.0 Å². The van der Waals surface area contributed by atoms with E-state index in [4.69, 9.17) is 4.42 Å². The van der Waals surface area contributed by atoms with Gasteiger partial charge in [-0.15, -0.1) is 11.3 Å². The van der Waals surface area contributed by atoms with Crippen molar-refractivity contribution in [3.8, 4) is 0 Å². The number of nitrogens with one attached hydrogen (secondary N) is 2. The molecule has 4 rings (SSSR count). The van der Waals surface area contributed by atoms with Crippen molar-refractivity contribution in [2.24, 2.45) is 0 Å². The Bertz CT molecular complexity index is 1060. The molecule has 0 radical (unpaired) electrons. The van der Waals surface area contributed by atoms with Crippen molar-refractivity contribution in [1.29, 1.82) is 0 Å². The number of aromatic nitrogens is 1. The average Bonchev–Trinajstić information content (AvgIpc) is 3.58. The van der Waals surface area contributed by atoms with Crippen LogP contribution in [0.15, 0.2) is 64.9 Å². The highest BCUT2D eigenvalue weighted by Gasteiger charge is 2.33. The van der Waals surface area contributed by atoms with Crippen LogP contribution >= 0.6 is 11.3 Å². The number of thiophene rings is 1. The fraction of sp³-hybridized carbons (Fsp3) is 0.360. The minimum absolute atomic E-state index is 0.0817. The fourth-order valence-corrected chi connectivity index (χ4v) is 4.82. The van der Waals surface area contributed by atoms with Gasteiger partial charge in [0.2, 0.25) is 11.8 Å². The van der Waals surface area contributed by atoms with Gasteiger partial charge in [-0.3, -0.25) is 19.4 Å². The number of amides is 3. The number of carbonyl (C=O) groups excluding carboxylic acids is 3. The molecule has 0 bridgehead atoms.